The number of rotatable bonds is 8. The number of carbonyl (C=O) groups excluding carboxylic acids is 1. The van der Waals surface area contributed by atoms with E-state index in [-0.39, 0.29) is 16.2 Å². The SMILES string of the molecule is CCCCCCCC(=O)c1ccccc1S(=O)(=O)O. The smallest absolute Gasteiger partial charge is 0.294 e. The second-order valence-corrected chi connectivity index (χ2v) is 5.95. The highest BCUT2D eigenvalue weighted by Crippen LogP contribution is 2.18. The number of benzene rings is 1. The van der Waals surface area contributed by atoms with E-state index in [1.165, 1.54) is 18.2 Å². The first kappa shape index (κ1) is 15.9. The van der Waals surface area contributed by atoms with Crippen LogP contribution in [-0.4, -0.2) is 18.8 Å². The molecule has 0 aliphatic heterocycles. The Morgan fingerprint density at radius 1 is 1.11 bits per heavy atom. The van der Waals surface area contributed by atoms with Crippen LogP contribution in [0.25, 0.3) is 0 Å². The second kappa shape index (κ2) is 7.40. The van der Waals surface area contributed by atoms with Gasteiger partial charge in [0.15, 0.2) is 5.78 Å². The van der Waals surface area contributed by atoms with Crippen LogP contribution in [0.4, 0.5) is 0 Å². The maximum Gasteiger partial charge on any atom is 0.295 e. The highest BCUT2D eigenvalue weighted by molar-refractivity contribution is 7.86. The Morgan fingerprint density at radius 3 is 2.37 bits per heavy atom. The number of ketones is 1. The molecule has 0 saturated carbocycles. The lowest BCUT2D eigenvalue weighted by Crippen LogP contribution is -2.08. The third-order valence-corrected chi connectivity index (χ3v) is 3.88. The molecule has 4 nitrogen and oxygen atoms in total. The fourth-order valence-electron chi connectivity index (χ4n) is 1.95. The van der Waals surface area contributed by atoms with E-state index < -0.39 is 10.1 Å². The molecule has 0 aliphatic carbocycles. The van der Waals surface area contributed by atoms with Gasteiger partial charge in [0.05, 0.1) is 0 Å². The van der Waals surface area contributed by atoms with Crippen molar-refractivity contribution in [3.8, 4) is 0 Å². The van der Waals surface area contributed by atoms with Gasteiger partial charge >= 0.3 is 0 Å². The van der Waals surface area contributed by atoms with Gasteiger partial charge in [0.25, 0.3) is 10.1 Å². The summed E-state index contributed by atoms with van der Waals surface area (Å²) in [5.74, 6) is -0.232. The largest absolute Gasteiger partial charge is 0.295 e. The first-order chi connectivity index (χ1) is 8.96. The summed E-state index contributed by atoms with van der Waals surface area (Å²) < 4.78 is 31.4. The van der Waals surface area contributed by atoms with Crippen molar-refractivity contribution >= 4 is 15.9 Å². The highest BCUT2D eigenvalue weighted by atomic mass is 32.2. The molecule has 0 aromatic heterocycles. The summed E-state index contributed by atoms with van der Waals surface area (Å²) in [6.07, 6.45) is 5.40. The Bertz CT molecular complexity index is 520. The van der Waals surface area contributed by atoms with E-state index in [0.29, 0.717) is 6.42 Å². The van der Waals surface area contributed by atoms with Gasteiger partial charge in [-0.3, -0.25) is 9.35 Å². The maximum absolute atomic E-state index is 12.0. The average molecular weight is 284 g/mol. The fourth-order valence-corrected chi connectivity index (χ4v) is 2.66. The molecule has 5 heteroatoms. The summed E-state index contributed by atoms with van der Waals surface area (Å²) in [4.78, 5) is 11.7. The summed E-state index contributed by atoms with van der Waals surface area (Å²) in [7, 11) is -4.34. The minimum atomic E-state index is -4.34. The van der Waals surface area contributed by atoms with Crippen molar-refractivity contribution in [1.29, 1.82) is 0 Å². The van der Waals surface area contributed by atoms with Crippen molar-refractivity contribution in [1.82, 2.24) is 0 Å². The van der Waals surface area contributed by atoms with Gasteiger partial charge in [0, 0.05) is 12.0 Å². The van der Waals surface area contributed by atoms with Crippen molar-refractivity contribution < 1.29 is 17.8 Å². The standard InChI is InChI=1S/C14H20O4S/c1-2-3-4-5-6-10-13(15)12-9-7-8-11-14(12)19(16,17)18/h7-9,11H,2-6,10H2,1H3,(H,16,17,18). The molecule has 0 amide bonds. The number of unbranched alkanes of at least 4 members (excludes halogenated alkanes) is 4. The van der Waals surface area contributed by atoms with Crippen LogP contribution in [0.5, 0.6) is 0 Å². The lowest BCUT2D eigenvalue weighted by Gasteiger charge is -2.06. The first-order valence-corrected chi connectivity index (χ1v) is 8.00. The topological polar surface area (TPSA) is 71.4 Å². The summed E-state index contributed by atoms with van der Waals surface area (Å²) >= 11 is 0. The zero-order valence-corrected chi connectivity index (χ0v) is 11.9. The molecular formula is C14H20O4S. The fraction of sp³-hybridized carbons (Fsp3) is 0.500. The highest BCUT2D eigenvalue weighted by Gasteiger charge is 2.19. The maximum atomic E-state index is 12.0. The van der Waals surface area contributed by atoms with Crippen LogP contribution in [0.2, 0.25) is 0 Å². The third-order valence-electron chi connectivity index (χ3n) is 2.97. The van der Waals surface area contributed by atoms with Crippen LogP contribution >= 0.6 is 0 Å². The molecule has 0 unspecified atom stereocenters. The lowest BCUT2D eigenvalue weighted by molar-refractivity contribution is 0.0975. The average Bonchev–Trinajstić information content (AvgIpc) is 2.37. The number of carbonyl (C=O) groups is 1. The molecule has 106 valence electrons. The van der Waals surface area contributed by atoms with Crippen molar-refractivity contribution in [2.24, 2.45) is 0 Å². The molecule has 0 radical (unpaired) electrons. The molecule has 0 bridgehead atoms. The van der Waals surface area contributed by atoms with Crippen LogP contribution in [-0.2, 0) is 10.1 Å². The molecule has 0 spiro atoms. The molecule has 0 fully saturated rings. The van der Waals surface area contributed by atoms with Crippen LogP contribution in [0.1, 0.15) is 55.8 Å². The summed E-state index contributed by atoms with van der Waals surface area (Å²) in [5, 5.41) is 0. The quantitative estimate of drug-likeness (QED) is 0.450. The molecule has 0 aliphatic rings. The molecule has 1 aromatic carbocycles. The predicted molar refractivity (Wildman–Crippen MR) is 74.0 cm³/mol. The third kappa shape index (κ3) is 5.12. The van der Waals surface area contributed by atoms with Crippen LogP contribution < -0.4 is 0 Å². The van der Waals surface area contributed by atoms with E-state index in [2.05, 4.69) is 6.92 Å². The predicted octanol–water partition coefficient (Wildman–Crippen LogP) is 3.48. The summed E-state index contributed by atoms with van der Waals surface area (Å²) in [6.45, 7) is 2.12. The van der Waals surface area contributed by atoms with Crippen LogP contribution in [0, 0.1) is 0 Å². The van der Waals surface area contributed by atoms with Gasteiger partial charge in [0.2, 0.25) is 0 Å². The summed E-state index contributed by atoms with van der Waals surface area (Å²) in [6, 6.07) is 5.78. The minimum absolute atomic E-state index is 0.0838. The molecule has 0 atom stereocenters. The number of hydrogen-bond donors (Lipinski definition) is 1. The van der Waals surface area contributed by atoms with Gasteiger partial charge in [-0.25, -0.2) is 0 Å². The second-order valence-electron chi connectivity index (χ2n) is 4.56. The van der Waals surface area contributed by atoms with Gasteiger partial charge in [-0.15, -0.1) is 0 Å². The lowest BCUT2D eigenvalue weighted by atomic mass is 10.0. The van der Waals surface area contributed by atoms with E-state index in [0.717, 1.165) is 32.1 Å². The normalized spacial score (nSPS) is 11.5. The monoisotopic (exact) mass is 284 g/mol. The van der Waals surface area contributed by atoms with Crippen LogP contribution in [0.3, 0.4) is 0 Å². The zero-order valence-electron chi connectivity index (χ0n) is 11.1. The van der Waals surface area contributed by atoms with Gasteiger partial charge < -0.3 is 0 Å². The molecule has 1 N–H and O–H groups in total. The van der Waals surface area contributed by atoms with E-state index in [4.69, 9.17) is 4.55 Å². The van der Waals surface area contributed by atoms with E-state index in [1.54, 1.807) is 6.07 Å². The Labute approximate surface area is 114 Å². The zero-order chi connectivity index (χ0) is 14.3. The molecule has 0 saturated heterocycles. The Kier molecular flexibility index (Phi) is 6.18. The Balaban J connectivity index is 2.68. The molecule has 0 heterocycles. The molecular weight excluding hydrogens is 264 g/mol. The van der Waals surface area contributed by atoms with Gasteiger partial charge in [0.1, 0.15) is 4.90 Å². The van der Waals surface area contributed by atoms with Crippen molar-refractivity contribution in [2.75, 3.05) is 0 Å². The van der Waals surface area contributed by atoms with Gasteiger partial charge in [-0.2, -0.15) is 8.42 Å². The van der Waals surface area contributed by atoms with E-state index in [9.17, 15) is 13.2 Å². The van der Waals surface area contributed by atoms with Crippen LogP contribution in [0.15, 0.2) is 29.2 Å². The Morgan fingerprint density at radius 2 is 1.74 bits per heavy atom. The molecule has 1 aromatic rings. The van der Waals surface area contributed by atoms with Crippen molar-refractivity contribution in [3.05, 3.63) is 29.8 Å². The Hall–Kier alpha value is -1.20. The van der Waals surface area contributed by atoms with Crippen molar-refractivity contribution in [3.63, 3.8) is 0 Å². The molecule has 19 heavy (non-hydrogen) atoms. The first-order valence-electron chi connectivity index (χ1n) is 6.56. The minimum Gasteiger partial charge on any atom is -0.294 e. The number of hydrogen-bond acceptors (Lipinski definition) is 3. The van der Waals surface area contributed by atoms with Crippen molar-refractivity contribution in [2.45, 2.75) is 50.3 Å². The van der Waals surface area contributed by atoms with E-state index in [1.807, 2.05) is 0 Å². The van der Waals surface area contributed by atoms with Gasteiger partial charge in [-0.1, -0.05) is 50.8 Å². The van der Waals surface area contributed by atoms with Gasteiger partial charge in [-0.05, 0) is 12.5 Å². The number of Topliss-reactive ketones (excluding diaryl/α,β-unsaturated/α-hetero) is 1. The summed E-state index contributed by atoms with van der Waals surface area (Å²) in [5.41, 5.74) is 0.0838. The molecule has 1 rings (SSSR count). The van der Waals surface area contributed by atoms with E-state index >= 15 is 0 Å².